The molecule has 0 N–H and O–H groups in total. The molecule has 39 heavy (non-hydrogen) atoms. The van der Waals surface area contributed by atoms with Crippen LogP contribution < -0.4 is 4.90 Å². The van der Waals surface area contributed by atoms with E-state index in [-0.39, 0.29) is 18.1 Å². The smallest absolute Gasteiger partial charge is 0.263 e. The highest BCUT2D eigenvalue weighted by Crippen LogP contribution is 2.35. The molecule has 0 aliphatic carbocycles. The average molecular weight is 524 g/mol. The standard InChI is InChI=1S/C31H30FN5O2/c1-2-3-8-26-33-30(37-17-15-36(16-18-37)27(38)19-21-9-13-25(32)14-10-21)28-29(35-39-31(28)34-26)24-12-11-22-6-4-5-7-23(22)20-24/h4-7,9-14,20H,2-3,8,15-19H2,1H3. The van der Waals surface area contributed by atoms with E-state index in [0.717, 1.165) is 63.9 Å². The molecule has 0 saturated carbocycles. The molecule has 1 fully saturated rings. The van der Waals surface area contributed by atoms with Crippen molar-refractivity contribution in [2.45, 2.75) is 32.6 Å². The minimum Gasteiger partial charge on any atom is -0.352 e. The van der Waals surface area contributed by atoms with E-state index < -0.39 is 0 Å². The number of unbranched alkanes of at least 4 members (excludes halogenated alkanes) is 1. The van der Waals surface area contributed by atoms with Crippen molar-refractivity contribution in [3.8, 4) is 11.3 Å². The zero-order valence-corrected chi connectivity index (χ0v) is 21.9. The minimum absolute atomic E-state index is 0.0413. The molecule has 1 aliphatic rings. The summed E-state index contributed by atoms with van der Waals surface area (Å²) in [7, 11) is 0. The SMILES string of the molecule is CCCCc1nc(N2CCN(C(=O)Cc3ccc(F)cc3)CC2)c2c(-c3ccc4ccccc4c3)noc2n1. The number of carbonyl (C=O) groups excluding carboxylic acids is 1. The van der Waals surface area contributed by atoms with Crippen LogP contribution in [0, 0.1) is 5.82 Å². The van der Waals surface area contributed by atoms with E-state index in [1.807, 2.05) is 17.0 Å². The summed E-state index contributed by atoms with van der Waals surface area (Å²) in [6, 6.07) is 20.6. The van der Waals surface area contributed by atoms with Crippen LogP contribution in [0.5, 0.6) is 0 Å². The number of rotatable bonds is 7. The third kappa shape index (κ3) is 5.19. The molecule has 6 rings (SSSR count). The summed E-state index contributed by atoms with van der Waals surface area (Å²) in [5.74, 6) is 1.29. The van der Waals surface area contributed by atoms with Crippen molar-refractivity contribution in [1.82, 2.24) is 20.0 Å². The zero-order valence-electron chi connectivity index (χ0n) is 21.9. The summed E-state index contributed by atoms with van der Waals surface area (Å²) >= 11 is 0. The van der Waals surface area contributed by atoms with Crippen LogP contribution in [0.2, 0.25) is 0 Å². The average Bonchev–Trinajstić information content (AvgIpc) is 3.41. The van der Waals surface area contributed by atoms with Gasteiger partial charge < -0.3 is 14.3 Å². The zero-order chi connectivity index (χ0) is 26.8. The Morgan fingerprint density at radius 3 is 2.49 bits per heavy atom. The van der Waals surface area contributed by atoms with Crippen LogP contribution in [0.15, 0.2) is 71.3 Å². The Hall–Kier alpha value is -4.33. The lowest BCUT2D eigenvalue weighted by atomic mass is 10.0. The first kappa shape index (κ1) is 25.0. The van der Waals surface area contributed by atoms with Crippen LogP contribution in [-0.4, -0.2) is 52.1 Å². The maximum Gasteiger partial charge on any atom is 0.263 e. The van der Waals surface area contributed by atoms with Crippen molar-refractivity contribution in [3.05, 3.63) is 83.9 Å². The monoisotopic (exact) mass is 523 g/mol. The number of aromatic nitrogens is 3. The van der Waals surface area contributed by atoms with Crippen LogP contribution in [0.3, 0.4) is 0 Å². The second-order valence-electron chi connectivity index (χ2n) is 10.0. The lowest BCUT2D eigenvalue weighted by Crippen LogP contribution is -2.49. The number of fused-ring (bicyclic) bond motifs is 2. The molecule has 1 aliphatic heterocycles. The molecular formula is C31H30FN5O2. The van der Waals surface area contributed by atoms with Gasteiger partial charge >= 0.3 is 0 Å². The Bertz CT molecular complexity index is 1620. The van der Waals surface area contributed by atoms with Crippen molar-refractivity contribution >= 4 is 33.6 Å². The number of carbonyl (C=O) groups is 1. The molecule has 0 radical (unpaired) electrons. The summed E-state index contributed by atoms with van der Waals surface area (Å²) in [5.41, 5.74) is 2.98. The van der Waals surface area contributed by atoms with Gasteiger partial charge in [0.15, 0.2) is 0 Å². The van der Waals surface area contributed by atoms with Gasteiger partial charge in [0.2, 0.25) is 5.91 Å². The minimum atomic E-state index is -0.300. The third-order valence-corrected chi connectivity index (χ3v) is 7.34. The summed E-state index contributed by atoms with van der Waals surface area (Å²) < 4.78 is 19.0. The predicted octanol–water partition coefficient (Wildman–Crippen LogP) is 5.81. The van der Waals surface area contributed by atoms with Crippen LogP contribution in [0.1, 0.15) is 31.2 Å². The molecule has 2 aromatic heterocycles. The highest BCUT2D eigenvalue weighted by molar-refractivity contribution is 6.00. The first-order valence-corrected chi connectivity index (χ1v) is 13.5. The Labute approximate surface area is 226 Å². The normalized spacial score (nSPS) is 13.9. The van der Waals surface area contributed by atoms with Gasteiger partial charge in [-0.2, -0.15) is 4.98 Å². The van der Waals surface area contributed by atoms with Gasteiger partial charge in [0.1, 0.15) is 28.5 Å². The molecule has 7 nitrogen and oxygen atoms in total. The molecule has 0 atom stereocenters. The van der Waals surface area contributed by atoms with Crippen LogP contribution >= 0.6 is 0 Å². The van der Waals surface area contributed by atoms with Crippen molar-refractivity contribution in [3.63, 3.8) is 0 Å². The predicted molar refractivity (Wildman–Crippen MR) is 150 cm³/mol. The number of hydrogen-bond acceptors (Lipinski definition) is 6. The van der Waals surface area contributed by atoms with Gasteiger partial charge in [0, 0.05) is 38.2 Å². The fourth-order valence-corrected chi connectivity index (χ4v) is 5.15. The molecular weight excluding hydrogens is 493 g/mol. The number of aryl methyl sites for hydroxylation is 1. The van der Waals surface area contributed by atoms with E-state index in [4.69, 9.17) is 14.5 Å². The molecule has 0 unspecified atom stereocenters. The highest BCUT2D eigenvalue weighted by Gasteiger charge is 2.27. The number of benzene rings is 3. The van der Waals surface area contributed by atoms with E-state index in [0.29, 0.717) is 31.9 Å². The number of nitrogens with zero attached hydrogens (tertiary/aromatic N) is 5. The lowest BCUT2D eigenvalue weighted by Gasteiger charge is -2.35. The Kier molecular flexibility index (Phi) is 6.92. The highest BCUT2D eigenvalue weighted by atomic mass is 19.1. The van der Waals surface area contributed by atoms with Gasteiger partial charge in [-0.1, -0.05) is 67.0 Å². The van der Waals surface area contributed by atoms with Crippen LogP contribution in [0.4, 0.5) is 10.2 Å². The number of piperazine rings is 1. The summed E-state index contributed by atoms with van der Waals surface area (Å²) in [6.45, 7) is 4.57. The van der Waals surface area contributed by atoms with Crippen molar-refractivity contribution < 1.29 is 13.7 Å². The van der Waals surface area contributed by atoms with Crippen molar-refractivity contribution in [2.75, 3.05) is 31.1 Å². The second kappa shape index (κ2) is 10.8. The first-order valence-electron chi connectivity index (χ1n) is 13.5. The van der Waals surface area contributed by atoms with Crippen LogP contribution in [0.25, 0.3) is 33.1 Å². The number of halogens is 1. The molecule has 1 amide bonds. The lowest BCUT2D eigenvalue weighted by molar-refractivity contribution is -0.130. The van der Waals surface area contributed by atoms with Gasteiger partial charge in [0.05, 0.1) is 6.42 Å². The molecule has 198 valence electrons. The maximum absolute atomic E-state index is 13.3. The number of anilines is 1. The Morgan fingerprint density at radius 1 is 0.949 bits per heavy atom. The Balaban J connectivity index is 1.29. The number of amides is 1. The summed E-state index contributed by atoms with van der Waals surface area (Å²) in [4.78, 5) is 26.7. The fraction of sp³-hybridized carbons (Fsp3) is 0.290. The van der Waals surface area contributed by atoms with E-state index in [1.165, 1.54) is 12.1 Å². The van der Waals surface area contributed by atoms with E-state index >= 15 is 0 Å². The largest absolute Gasteiger partial charge is 0.352 e. The number of hydrogen-bond donors (Lipinski definition) is 0. The van der Waals surface area contributed by atoms with Gasteiger partial charge in [-0.15, -0.1) is 0 Å². The quantitative estimate of drug-likeness (QED) is 0.268. The van der Waals surface area contributed by atoms with E-state index in [2.05, 4.69) is 47.3 Å². The summed E-state index contributed by atoms with van der Waals surface area (Å²) in [5, 5.41) is 7.54. The van der Waals surface area contributed by atoms with Gasteiger partial charge in [-0.25, -0.2) is 9.37 Å². The van der Waals surface area contributed by atoms with Gasteiger partial charge in [-0.05, 0) is 41.0 Å². The topological polar surface area (TPSA) is 75.4 Å². The van der Waals surface area contributed by atoms with E-state index in [1.54, 1.807) is 12.1 Å². The first-order chi connectivity index (χ1) is 19.1. The maximum atomic E-state index is 13.3. The fourth-order valence-electron chi connectivity index (χ4n) is 5.15. The second-order valence-corrected chi connectivity index (χ2v) is 10.0. The molecule has 1 saturated heterocycles. The molecule has 5 aromatic rings. The van der Waals surface area contributed by atoms with Gasteiger partial charge in [-0.3, -0.25) is 4.79 Å². The van der Waals surface area contributed by atoms with Crippen LogP contribution in [-0.2, 0) is 17.6 Å². The molecule has 3 heterocycles. The van der Waals surface area contributed by atoms with Crippen molar-refractivity contribution in [2.24, 2.45) is 0 Å². The van der Waals surface area contributed by atoms with Crippen molar-refractivity contribution in [1.29, 1.82) is 0 Å². The third-order valence-electron chi connectivity index (χ3n) is 7.34. The molecule has 3 aromatic carbocycles. The molecule has 8 heteroatoms. The Morgan fingerprint density at radius 2 is 1.72 bits per heavy atom. The molecule has 0 bridgehead atoms. The summed E-state index contributed by atoms with van der Waals surface area (Å²) in [6.07, 6.45) is 3.06. The molecule has 0 spiro atoms. The van der Waals surface area contributed by atoms with Gasteiger partial charge in [0.25, 0.3) is 5.71 Å². The van der Waals surface area contributed by atoms with E-state index in [9.17, 15) is 9.18 Å².